The molecule has 2 heteroatoms. The first-order valence-corrected chi connectivity index (χ1v) is 13.3. The fourth-order valence-corrected chi connectivity index (χ4v) is 5.68. The third-order valence-electron chi connectivity index (χ3n) is 7.42. The Morgan fingerprint density at radius 3 is 1.66 bits per heavy atom. The summed E-state index contributed by atoms with van der Waals surface area (Å²) in [6, 6.07) is 31.2. The first-order chi connectivity index (χ1) is 23.7. The summed E-state index contributed by atoms with van der Waals surface area (Å²) < 4.78 is 73.4. The largest absolute Gasteiger partial charge is 0.292 e. The molecule has 0 bridgehead atoms. The van der Waals surface area contributed by atoms with Crippen LogP contribution in [0.2, 0.25) is 0 Å². The third-order valence-corrected chi connectivity index (χ3v) is 7.42. The molecule has 0 saturated heterocycles. The van der Waals surface area contributed by atoms with Gasteiger partial charge in [-0.3, -0.25) is 4.57 Å². The molecule has 8 aromatic rings. The van der Waals surface area contributed by atoms with Gasteiger partial charge in [-0.15, -0.1) is 0 Å². The number of imidazole rings is 1. The highest BCUT2D eigenvalue weighted by molar-refractivity contribution is 6.21. The lowest BCUT2D eigenvalue weighted by molar-refractivity contribution is 1.10. The second kappa shape index (κ2) is 9.62. The summed E-state index contributed by atoms with van der Waals surface area (Å²) >= 11 is 0. The summed E-state index contributed by atoms with van der Waals surface area (Å²) in [5.41, 5.74) is 5.04. The maximum Gasteiger partial charge on any atom is 0.145 e. The normalized spacial score (nSPS) is 14.1. The highest BCUT2D eigenvalue weighted by atomic mass is 15.1. The topological polar surface area (TPSA) is 17.8 Å². The summed E-state index contributed by atoms with van der Waals surface area (Å²) in [6.07, 6.45) is 0. The molecule has 0 fully saturated rings. The van der Waals surface area contributed by atoms with Gasteiger partial charge in [-0.25, -0.2) is 4.98 Å². The van der Waals surface area contributed by atoms with Crippen LogP contribution in [0, 0.1) is 0 Å². The Hall–Kier alpha value is -5.47. The van der Waals surface area contributed by atoms with Crippen LogP contribution in [0.15, 0.2) is 158 Å². The van der Waals surface area contributed by atoms with Crippen LogP contribution >= 0.6 is 0 Å². The highest BCUT2D eigenvalue weighted by Crippen LogP contribution is 2.44. The maximum atomic E-state index is 9.21. The molecular formula is C39H26N2. The van der Waals surface area contributed by atoms with Gasteiger partial charge in [0.25, 0.3) is 0 Å². The van der Waals surface area contributed by atoms with E-state index in [1.54, 1.807) is 30.3 Å². The number of nitrogens with zero attached hydrogens (tertiary/aromatic N) is 2. The fourth-order valence-electron chi connectivity index (χ4n) is 5.68. The Bertz CT molecular complexity index is 2550. The van der Waals surface area contributed by atoms with E-state index in [4.69, 9.17) is 13.2 Å². The summed E-state index contributed by atoms with van der Waals surface area (Å²) in [7, 11) is 0. The lowest BCUT2D eigenvalue weighted by Crippen LogP contribution is -1.97. The maximum absolute atomic E-state index is 9.21. The number of fused-ring (bicyclic) bond motifs is 3. The Morgan fingerprint density at radius 2 is 1.00 bits per heavy atom. The average Bonchev–Trinajstić information content (AvgIpc) is 3.54. The lowest BCUT2D eigenvalue weighted by Gasteiger charge is -2.18. The molecule has 2 nitrogen and oxygen atoms in total. The van der Waals surface area contributed by atoms with E-state index in [9.17, 15) is 2.74 Å². The summed E-state index contributed by atoms with van der Waals surface area (Å²) in [6.45, 7) is 0. The van der Waals surface area contributed by atoms with Gasteiger partial charge in [0, 0.05) is 11.3 Å². The van der Waals surface area contributed by atoms with Crippen molar-refractivity contribution in [1.82, 2.24) is 9.55 Å². The second-order valence-corrected chi connectivity index (χ2v) is 9.79. The predicted molar refractivity (Wildman–Crippen MR) is 172 cm³/mol. The van der Waals surface area contributed by atoms with Gasteiger partial charge in [-0.2, -0.15) is 0 Å². The number of benzene rings is 7. The number of hydrogen-bond acceptors (Lipinski definition) is 1. The second-order valence-electron chi connectivity index (χ2n) is 9.79. The molecule has 8 rings (SSSR count). The monoisotopic (exact) mass is 530 g/mol. The molecule has 41 heavy (non-hydrogen) atoms. The molecule has 192 valence electrons. The standard InChI is InChI=1S/C39H26N2/c1-3-14-27(15-4-1)37-31-20-7-9-22-33(31)38(34-23-10-8-21-32(34)37)28-16-13-17-29(26-28)39-40-35-24-11-12-25-36(35)41(39)30-18-5-2-6-19-30/h1-26H/i7D,8D,9D,10D,20D,21D,22D,23D. The zero-order valence-electron chi connectivity index (χ0n) is 29.8. The zero-order chi connectivity index (χ0) is 34.1. The van der Waals surface area contributed by atoms with Gasteiger partial charge in [0.15, 0.2) is 0 Å². The smallest absolute Gasteiger partial charge is 0.145 e. The fraction of sp³-hybridized carbons (Fsp3) is 0. The molecule has 0 amide bonds. The van der Waals surface area contributed by atoms with E-state index in [1.807, 2.05) is 78.9 Å². The summed E-state index contributed by atoms with van der Waals surface area (Å²) in [5, 5.41) is 0.727. The molecule has 0 atom stereocenters. The van der Waals surface area contributed by atoms with Gasteiger partial charge < -0.3 is 0 Å². The van der Waals surface area contributed by atoms with Crippen LogP contribution in [0.25, 0.3) is 71.9 Å². The van der Waals surface area contributed by atoms with Crippen molar-refractivity contribution in [2.45, 2.75) is 0 Å². The van der Waals surface area contributed by atoms with Crippen LogP contribution in [0.1, 0.15) is 11.0 Å². The van der Waals surface area contributed by atoms with Crippen molar-refractivity contribution in [3.8, 4) is 39.3 Å². The Morgan fingerprint density at radius 1 is 0.488 bits per heavy atom. The van der Waals surface area contributed by atoms with Crippen LogP contribution in [0.4, 0.5) is 0 Å². The number of rotatable bonds is 4. The first kappa shape index (κ1) is 16.6. The molecule has 0 aliphatic heterocycles. The van der Waals surface area contributed by atoms with Crippen molar-refractivity contribution in [3.05, 3.63) is 158 Å². The number of aromatic nitrogens is 2. The minimum Gasteiger partial charge on any atom is -0.292 e. The molecule has 0 radical (unpaired) electrons. The SMILES string of the molecule is [2H]c1c([2H])c([2H])c2c(-c3cccc(-c4nc5ccccc5n4-c4ccccc4)c3)c3c([2H])c([2H])c([2H])c([2H])c3c(-c3ccccc3)c2c1[2H]. The van der Waals surface area contributed by atoms with Gasteiger partial charge in [0.1, 0.15) is 5.82 Å². The minimum atomic E-state index is -0.431. The first-order valence-electron chi connectivity index (χ1n) is 17.3. The van der Waals surface area contributed by atoms with Crippen molar-refractivity contribution >= 4 is 32.6 Å². The average molecular weight is 531 g/mol. The van der Waals surface area contributed by atoms with Crippen LogP contribution in [0.3, 0.4) is 0 Å². The molecule has 0 aliphatic rings. The lowest BCUT2D eigenvalue weighted by atomic mass is 9.86. The van der Waals surface area contributed by atoms with E-state index in [0.29, 0.717) is 33.6 Å². The van der Waals surface area contributed by atoms with Gasteiger partial charge >= 0.3 is 0 Å². The van der Waals surface area contributed by atoms with E-state index >= 15 is 0 Å². The summed E-state index contributed by atoms with van der Waals surface area (Å²) in [5.74, 6) is 0.646. The summed E-state index contributed by atoms with van der Waals surface area (Å²) in [4.78, 5) is 5.01. The highest BCUT2D eigenvalue weighted by Gasteiger charge is 2.18. The quantitative estimate of drug-likeness (QED) is 0.207. The number of para-hydroxylation sites is 3. The van der Waals surface area contributed by atoms with Gasteiger partial charge in [0.2, 0.25) is 0 Å². The Labute approximate surface area is 250 Å². The van der Waals surface area contributed by atoms with Crippen LogP contribution < -0.4 is 0 Å². The van der Waals surface area contributed by atoms with Crippen LogP contribution in [0.5, 0.6) is 0 Å². The third kappa shape index (κ3) is 3.84. The molecule has 7 aromatic carbocycles. The van der Waals surface area contributed by atoms with Crippen LogP contribution in [-0.4, -0.2) is 9.55 Å². The van der Waals surface area contributed by atoms with E-state index in [0.717, 1.165) is 16.7 Å². The molecular weight excluding hydrogens is 496 g/mol. The molecule has 1 heterocycles. The molecule has 0 saturated carbocycles. The van der Waals surface area contributed by atoms with Crippen molar-refractivity contribution in [2.75, 3.05) is 0 Å². The predicted octanol–water partition coefficient (Wildman–Crippen LogP) is 10.3. The van der Waals surface area contributed by atoms with E-state index in [-0.39, 0.29) is 45.7 Å². The molecule has 0 spiro atoms. The molecule has 1 aromatic heterocycles. The molecule has 0 aliphatic carbocycles. The van der Waals surface area contributed by atoms with Crippen molar-refractivity contribution < 1.29 is 11.0 Å². The number of hydrogen-bond donors (Lipinski definition) is 0. The van der Waals surface area contributed by atoms with E-state index < -0.39 is 24.2 Å². The van der Waals surface area contributed by atoms with Gasteiger partial charge in [-0.05, 0) is 74.1 Å². The van der Waals surface area contributed by atoms with Crippen molar-refractivity contribution in [1.29, 1.82) is 0 Å². The zero-order valence-corrected chi connectivity index (χ0v) is 21.8. The molecule has 0 N–H and O–H groups in total. The van der Waals surface area contributed by atoms with Crippen molar-refractivity contribution in [3.63, 3.8) is 0 Å². The van der Waals surface area contributed by atoms with Crippen LogP contribution in [-0.2, 0) is 0 Å². The Balaban J connectivity index is 1.56. The molecule has 0 unspecified atom stereocenters. The van der Waals surface area contributed by atoms with Gasteiger partial charge in [0.05, 0.1) is 22.0 Å². The Kier molecular flexibility index (Phi) is 3.89. The van der Waals surface area contributed by atoms with E-state index in [1.165, 1.54) is 0 Å². The minimum absolute atomic E-state index is 0.177. The van der Waals surface area contributed by atoms with E-state index in [2.05, 4.69) is 4.57 Å². The van der Waals surface area contributed by atoms with Gasteiger partial charge in [-0.1, -0.05) is 127 Å². The van der Waals surface area contributed by atoms with Crippen molar-refractivity contribution in [2.24, 2.45) is 0 Å².